The molecule has 0 radical (unpaired) electrons. The van der Waals surface area contributed by atoms with Gasteiger partial charge in [-0.2, -0.15) is 0 Å². The van der Waals surface area contributed by atoms with E-state index in [2.05, 4.69) is 0 Å². The lowest BCUT2D eigenvalue weighted by Crippen LogP contribution is -2.43. The molecule has 0 aromatic heterocycles. The van der Waals surface area contributed by atoms with Crippen LogP contribution in [0.15, 0.2) is 0 Å². The van der Waals surface area contributed by atoms with Crippen LogP contribution in [0.4, 0.5) is 0 Å². The average molecular weight is 213 g/mol. The number of primary amides is 1. The lowest BCUT2D eigenvalue weighted by molar-refractivity contribution is -0.132. The molecule has 1 unspecified atom stereocenters. The molecule has 4 N–H and O–H groups in total. The summed E-state index contributed by atoms with van der Waals surface area (Å²) in [5, 5.41) is 0. The average Bonchev–Trinajstić information content (AvgIpc) is 2.65. The van der Waals surface area contributed by atoms with E-state index in [0.29, 0.717) is 25.9 Å². The number of carbonyl (C=O) groups is 2. The van der Waals surface area contributed by atoms with E-state index in [0.717, 1.165) is 6.42 Å². The van der Waals surface area contributed by atoms with Crippen LogP contribution >= 0.6 is 0 Å². The maximum absolute atomic E-state index is 11.8. The van der Waals surface area contributed by atoms with Gasteiger partial charge in [0.1, 0.15) is 0 Å². The lowest BCUT2D eigenvalue weighted by Gasteiger charge is -2.20. The van der Waals surface area contributed by atoms with E-state index >= 15 is 0 Å². The fourth-order valence-corrected chi connectivity index (χ4v) is 1.86. The van der Waals surface area contributed by atoms with Crippen molar-refractivity contribution in [3.63, 3.8) is 0 Å². The van der Waals surface area contributed by atoms with E-state index < -0.39 is 6.04 Å². The highest BCUT2D eigenvalue weighted by Gasteiger charge is 2.31. The monoisotopic (exact) mass is 213 g/mol. The van der Waals surface area contributed by atoms with Crippen molar-refractivity contribution in [3.8, 4) is 0 Å². The summed E-state index contributed by atoms with van der Waals surface area (Å²) in [6.45, 7) is 3.03. The fraction of sp³-hybridized carbons (Fsp3) is 0.800. The summed E-state index contributed by atoms with van der Waals surface area (Å²) < 4.78 is 0. The number of nitrogens with two attached hydrogens (primary N) is 2. The Hall–Kier alpha value is -1.10. The van der Waals surface area contributed by atoms with Crippen molar-refractivity contribution in [2.45, 2.75) is 32.2 Å². The topological polar surface area (TPSA) is 89.4 Å². The van der Waals surface area contributed by atoms with Gasteiger partial charge >= 0.3 is 0 Å². The third-order valence-electron chi connectivity index (χ3n) is 2.82. The van der Waals surface area contributed by atoms with Crippen LogP contribution in [0.2, 0.25) is 0 Å². The first-order valence-electron chi connectivity index (χ1n) is 5.40. The van der Waals surface area contributed by atoms with Crippen LogP contribution in [0.5, 0.6) is 0 Å². The van der Waals surface area contributed by atoms with Crippen LogP contribution in [0.3, 0.4) is 0 Å². The minimum absolute atomic E-state index is 0.0550. The Morgan fingerprint density at radius 3 is 2.67 bits per heavy atom. The molecule has 1 aliphatic heterocycles. The van der Waals surface area contributed by atoms with Crippen LogP contribution in [0.1, 0.15) is 26.2 Å². The summed E-state index contributed by atoms with van der Waals surface area (Å²) in [6.07, 6.45) is 2.25. The first-order valence-corrected chi connectivity index (χ1v) is 5.40. The number of carbonyl (C=O) groups excluding carboxylic acids is 2. The van der Waals surface area contributed by atoms with Crippen molar-refractivity contribution >= 4 is 11.8 Å². The van der Waals surface area contributed by atoms with Crippen LogP contribution in [0, 0.1) is 5.92 Å². The molecule has 0 aromatic carbocycles. The van der Waals surface area contributed by atoms with Crippen LogP contribution < -0.4 is 11.5 Å². The second-order valence-electron chi connectivity index (χ2n) is 4.07. The number of amides is 2. The van der Waals surface area contributed by atoms with E-state index in [1.165, 1.54) is 0 Å². The maximum atomic E-state index is 11.8. The zero-order chi connectivity index (χ0) is 11.4. The third-order valence-corrected chi connectivity index (χ3v) is 2.82. The minimum Gasteiger partial charge on any atom is -0.369 e. The zero-order valence-electron chi connectivity index (χ0n) is 9.11. The Morgan fingerprint density at radius 2 is 2.20 bits per heavy atom. The van der Waals surface area contributed by atoms with E-state index in [4.69, 9.17) is 11.5 Å². The van der Waals surface area contributed by atoms with Gasteiger partial charge in [0.15, 0.2) is 0 Å². The molecular formula is C10H19N3O2. The van der Waals surface area contributed by atoms with Crippen molar-refractivity contribution in [1.82, 2.24) is 4.90 Å². The molecule has 1 fully saturated rings. The molecule has 0 bridgehead atoms. The molecule has 86 valence electrons. The highest BCUT2D eigenvalue weighted by molar-refractivity contribution is 5.84. The predicted octanol–water partition coefficient (Wildman–Crippen LogP) is -0.552. The first kappa shape index (κ1) is 12.0. The number of likely N-dealkylation sites (tertiary alicyclic amines) is 1. The molecule has 2 amide bonds. The summed E-state index contributed by atoms with van der Waals surface area (Å²) in [4.78, 5) is 24.3. The number of hydrogen-bond donors (Lipinski definition) is 2. The number of hydrogen-bond acceptors (Lipinski definition) is 3. The highest BCUT2D eigenvalue weighted by Crippen LogP contribution is 2.16. The van der Waals surface area contributed by atoms with Gasteiger partial charge in [0.25, 0.3) is 0 Å². The van der Waals surface area contributed by atoms with Crippen molar-refractivity contribution < 1.29 is 9.59 Å². The van der Waals surface area contributed by atoms with Gasteiger partial charge in [-0.15, -0.1) is 0 Å². The normalized spacial score (nSPS) is 22.8. The van der Waals surface area contributed by atoms with Gasteiger partial charge in [-0.25, -0.2) is 0 Å². The molecule has 0 aliphatic carbocycles. The minimum atomic E-state index is -0.429. The number of nitrogens with zero attached hydrogens (tertiary/aromatic N) is 1. The third kappa shape index (κ3) is 2.92. The predicted molar refractivity (Wildman–Crippen MR) is 56.8 cm³/mol. The molecular weight excluding hydrogens is 194 g/mol. The zero-order valence-corrected chi connectivity index (χ0v) is 9.11. The van der Waals surface area contributed by atoms with E-state index in [-0.39, 0.29) is 17.7 Å². The SMILES string of the molecule is CCC[C@@H](N)C(=O)N1CCC(C(N)=O)C1. The van der Waals surface area contributed by atoms with Crippen molar-refractivity contribution in [2.75, 3.05) is 13.1 Å². The molecule has 15 heavy (non-hydrogen) atoms. The fourth-order valence-electron chi connectivity index (χ4n) is 1.86. The second kappa shape index (κ2) is 5.11. The molecule has 0 saturated carbocycles. The molecule has 5 nitrogen and oxygen atoms in total. The molecule has 5 heteroatoms. The van der Waals surface area contributed by atoms with Gasteiger partial charge in [0, 0.05) is 13.1 Å². The molecule has 1 rings (SSSR count). The molecule has 1 heterocycles. The van der Waals surface area contributed by atoms with E-state index in [1.807, 2.05) is 6.92 Å². The van der Waals surface area contributed by atoms with Crippen LogP contribution in [-0.2, 0) is 9.59 Å². The lowest BCUT2D eigenvalue weighted by atomic mass is 10.1. The maximum Gasteiger partial charge on any atom is 0.239 e. The van der Waals surface area contributed by atoms with Crippen LogP contribution in [0.25, 0.3) is 0 Å². The van der Waals surface area contributed by atoms with E-state index in [9.17, 15) is 9.59 Å². The Balaban J connectivity index is 2.46. The Labute approximate surface area is 89.8 Å². The molecule has 0 spiro atoms. The van der Waals surface area contributed by atoms with Crippen molar-refractivity contribution in [1.29, 1.82) is 0 Å². The van der Waals surface area contributed by atoms with E-state index in [1.54, 1.807) is 4.90 Å². The second-order valence-corrected chi connectivity index (χ2v) is 4.07. The Morgan fingerprint density at radius 1 is 1.53 bits per heavy atom. The number of rotatable bonds is 4. The summed E-state index contributed by atoms with van der Waals surface area (Å²) in [5.74, 6) is -0.572. The highest BCUT2D eigenvalue weighted by atomic mass is 16.2. The van der Waals surface area contributed by atoms with Gasteiger partial charge in [-0.05, 0) is 12.8 Å². The van der Waals surface area contributed by atoms with Gasteiger partial charge in [-0.1, -0.05) is 13.3 Å². The molecule has 1 saturated heterocycles. The van der Waals surface area contributed by atoms with Crippen molar-refractivity contribution in [2.24, 2.45) is 17.4 Å². The molecule has 1 aliphatic rings. The summed E-state index contributed by atoms with van der Waals surface area (Å²) >= 11 is 0. The summed E-state index contributed by atoms with van der Waals surface area (Å²) in [6, 6.07) is -0.429. The quantitative estimate of drug-likeness (QED) is 0.656. The Bertz CT molecular complexity index is 255. The first-order chi connectivity index (χ1) is 7.06. The smallest absolute Gasteiger partial charge is 0.239 e. The summed E-state index contributed by atoms with van der Waals surface area (Å²) in [5.41, 5.74) is 10.9. The summed E-state index contributed by atoms with van der Waals surface area (Å²) in [7, 11) is 0. The Kier molecular flexibility index (Phi) is 4.08. The van der Waals surface area contributed by atoms with Crippen LogP contribution in [-0.4, -0.2) is 35.8 Å². The standard InChI is InChI=1S/C10H19N3O2/c1-2-3-8(11)10(15)13-5-4-7(6-13)9(12)14/h7-8H,2-6,11H2,1H3,(H2,12,14)/t7?,8-/m1/s1. The molecule has 0 aromatic rings. The van der Waals surface area contributed by atoms with Gasteiger partial charge < -0.3 is 16.4 Å². The van der Waals surface area contributed by atoms with Gasteiger partial charge in [0.2, 0.25) is 11.8 Å². The van der Waals surface area contributed by atoms with Crippen molar-refractivity contribution in [3.05, 3.63) is 0 Å². The van der Waals surface area contributed by atoms with Gasteiger partial charge in [0.05, 0.1) is 12.0 Å². The molecule has 2 atom stereocenters. The van der Waals surface area contributed by atoms with Gasteiger partial charge in [-0.3, -0.25) is 9.59 Å². The largest absolute Gasteiger partial charge is 0.369 e.